The summed E-state index contributed by atoms with van der Waals surface area (Å²) in [5.41, 5.74) is 2.26. The highest BCUT2D eigenvalue weighted by Crippen LogP contribution is 2.18. The molecule has 0 saturated heterocycles. The second-order valence-corrected chi connectivity index (χ2v) is 4.68. The molecule has 0 aliphatic heterocycles. The minimum absolute atomic E-state index is 0.200. The van der Waals surface area contributed by atoms with Crippen LogP contribution >= 0.6 is 0 Å². The smallest absolute Gasteiger partial charge is 0.310 e. The summed E-state index contributed by atoms with van der Waals surface area (Å²) in [6.45, 7) is 3.69. The van der Waals surface area contributed by atoms with Gasteiger partial charge >= 0.3 is 5.97 Å². The van der Waals surface area contributed by atoms with E-state index in [4.69, 9.17) is 4.74 Å². The molecule has 0 atom stereocenters. The van der Waals surface area contributed by atoms with Crippen molar-refractivity contribution < 1.29 is 14.3 Å². The predicted octanol–water partition coefficient (Wildman–Crippen LogP) is 3.56. The number of anilines is 1. The molecule has 0 fully saturated rings. The van der Waals surface area contributed by atoms with E-state index in [1.165, 1.54) is 0 Å². The molecule has 1 amide bonds. The molecule has 2 aromatic rings. The number of carbonyl (C=O) groups excluding carboxylic acids is 2. The van der Waals surface area contributed by atoms with Gasteiger partial charge in [-0.3, -0.25) is 9.59 Å². The molecule has 0 saturated carbocycles. The summed E-state index contributed by atoms with van der Waals surface area (Å²) in [6, 6.07) is 14.1. The molecule has 0 heterocycles. The Morgan fingerprint density at radius 3 is 2.48 bits per heavy atom. The third kappa shape index (κ3) is 4.18. The van der Waals surface area contributed by atoms with Crippen LogP contribution in [0.4, 0.5) is 5.69 Å². The van der Waals surface area contributed by atoms with Gasteiger partial charge in [-0.05, 0) is 31.2 Å². The first-order valence-corrected chi connectivity index (χ1v) is 6.77. The lowest BCUT2D eigenvalue weighted by molar-refractivity contribution is -0.134. The maximum Gasteiger partial charge on any atom is 0.310 e. The lowest BCUT2D eigenvalue weighted by Crippen LogP contribution is -2.12. The van der Waals surface area contributed by atoms with Gasteiger partial charge in [-0.25, -0.2) is 0 Å². The van der Waals surface area contributed by atoms with Crippen LogP contribution in [0.15, 0.2) is 48.5 Å². The zero-order valence-corrected chi connectivity index (χ0v) is 12.1. The Hall–Kier alpha value is -2.62. The van der Waals surface area contributed by atoms with Crippen LogP contribution in [-0.2, 0) is 4.79 Å². The van der Waals surface area contributed by atoms with Crippen LogP contribution in [0.3, 0.4) is 0 Å². The van der Waals surface area contributed by atoms with Crippen molar-refractivity contribution in [3.8, 4) is 5.75 Å². The fraction of sp³-hybridized carbons (Fsp3) is 0.176. The van der Waals surface area contributed by atoms with Crippen LogP contribution < -0.4 is 10.1 Å². The molecule has 1 N–H and O–H groups in total. The van der Waals surface area contributed by atoms with E-state index in [0.29, 0.717) is 23.4 Å². The van der Waals surface area contributed by atoms with Crippen molar-refractivity contribution in [1.82, 2.24) is 0 Å². The maximum atomic E-state index is 12.1. The van der Waals surface area contributed by atoms with Crippen molar-refractivity contribution in [1.29, 1.82) is 0 Å². The number of carbonyl (C=O) groups is 2. The third-order valence-corrected chi connectivity index (χ3v) is 2.93. The number of hydrogen-bond donors (Lipinski definition) is 1. The van der Waals surface area contributed by atoms with Gasteiger partial charge in [0.15, 0.2) is 0 Å². The highest BCUT2D eigenvalue weighted by molar-refractivity contribution is 6.04. The van der Waals surface area contributed by atoms with Gasteiger partial charge in [0.25, 0.3) is 5.91 Å². The van der Waals surface area contributed by atoms with Crippen LogP contribution in [-0.4, -0.2) is 11.9 Å². The Morgan fingerprint density at radius 2 is 1.81 bits per heavy atom. The van der Waals surface area contributed by atoms with E-state index >= 15 is 0 Å². The Bertz CT molecular complexity index is 647. The minimum atomic E-state index is -0.308. The number of hydrogen-bond acceptors (Lipinski definition) is 3. The first kappa shape index (κ1) is 14.8. The van der Waals surface area contributed by atoms with Crippen LogP contribution in [0.5, 0.6) is 5.75 Å². The molecule has 0 spiro atoms. The largest absolute Gasteiger partial charge is 0.426 e. The number of ether oxygens (including phenoxy) is 1. The van der Waals surface area contributed by atoms with Gasteiger partial charge in [0, 0.05) is 23.7 Å². The first-order valence-electron chi connectivity index (χ1n) is 6.77. The van der Waals surface area contributed by atoms with Crippen molar-refractivity contribution in [3.05, 3.63) is 59.7 Å². The van der Waals surface area contributed by atoms with E-state index in [1.807, 2.05) is 19.1 Å². The molecule has 21 heavy (non-hydrogen) atoms. The number of esters is 1. The average molecular weight is 283 g/mol. The van der Waals surface area contributed by atoms with Gasteiger partial charge in [0.05, 0.1) is 0 Å². The number of nitrogens with one attached hydrogen (secondary N) is 1. The zero-order valence-electron chi connectivity index (χ0n) is 12.1. The van der Waals surface area contributed by atoms with Crippen molar-refractivity contribution >= 4 is 17.6 Å². The van der Waals surface area contributed by atoms with E-state index < -0.39 is 0 Å². The van der Waals surface area contributed by atoms with Crippen molar-refractivity contribution in [2.45, 2.75) is 20.3 Å². The maximum absolute atomic E-state index is 12.1. The fourth-order valence-corrected chi connectivity index (χ4v) is 1.75. The topological polar surface area (TPSA) is 55.4 Å². The van der Waals surface area contributed by atoms with Crippen LogP contribution in [0.25, 0.3) is 0 Å². The van der Waals surface area contributed by atoms with Crippen molar-refractivity contribution in [2.24, 2.45) is 0 Å². The quantitative estimate of drug-likeness (QED) is 0.689. The van der Waals surface area contributed by atoms with Gasteiger partial charge in [0.2, 0.25) is 0 Å². The number of rotatable bonds is 4. The molecule has 0 unspecified atom stereocenters. The molecule has 0 aromatic heterocycles. The summed E-state index contributed by atoms with van der Waals surface area (Å²) in [6.07, 6.45) is 0.306. The standard InChI is InChI=1S/C17H17NO3/c1-3-16(19)21-15-6-4-5-14(11-15)18-17(20)13-9-7-12(2)8-10-13/h4-11H,3H2,1-2H3,(H,18,20). The van der Waals surface area contributed by atoms with E-state index in [2.05, 4.69) is 5.32 Å². The normalized spacial score (nSPS) is 10.0. The molecule has 0 aliphatic rings. The SMILES string of the molecule is CCC(=O)Oc1cccc(NC(=O)c2ccc(C)cc2)c1. The molecule has 0 bridgehead atoms. The summed E-state index contributed by atoms with van der Waals surface area (Å²) in [5, 5.41) is 2.78. The average Bonchev–Trinajstić information content (AvgIpc) is 2.48. The van der Waals surface area contributed by atoms with Crippen molar-refractivity contribution in [2.75, 3.05) is 5.32 Å². The minimum Gasteiger partial charge on any atom is -0.426 e. The number of amides is 1. The van der Waals surface area contributed by atoms with Gasteiger partial charge in [-0.2, -0.15) is 0 Å². The molecule has 108 valence electrons. The van der Waals surface area contributed by atoms with Gasteiger partial charge < -0.3 is 10.1 Å². The van der Waals surface area contributed by atoms with E-state index in [1.54, 1.807) is 43.3 Å². The van der Waals surface area contributed by atoms with Crippen LogP contribution in [0, 0.1) is 6.92 Å². The van der Waals surface area contributed by atoms with Gasteiger partial charge in [0.1, 0.15) is 5.75 Å². The summed E-state index contributed by atoms with van der Waals surface area (Å²) in [5.74, 6) is -0.0884. The Labute approximate surface area is 123 Å². The molecular weight excluding hydrogens is 266 g/mol. The third-order valence-electron chi connectivity index (χ3n) is 2.93. The van der Waals surface area contributed by atoms with Crippen LogP contribution in [0.2, 0.25) is 0 Å². The Morgan fingerprint density at radius 1 is 1.10 bits per heavy atom. The summed E-state index contributed by atoms with van der Waals surface area (Å²) < 4.78 is 5.12. The first-order chi connectivity index (χ1) is 10.1. The molecule has 0 radical (unpaired) electrons. The molecule has 4 nitrogen and oxygen atoms in total. The lowest BCUT2D eigenvalue weighted by atomic mass is 10.1. The highest BCUT2D eigenvalue weighted by Gasteiger charge is 2.07. The van der Waals surface area contributed by atoms with Crippen LogP contribution in [0.1, 0.15) is 29.3 Å². The second-order valence-electron chi connectivity index (χ2n) is 4.68. The Balaban J connectivity index is 2.08. The number of benzene rings is 2. The van der Waals surface area contributed by atoms with E-state index in [0.717, 1.165) is 5.56 Å². The molecular formula is C17H17NO3. The van der Waals surface area contributed by atoms with E-state index in [9.17, 15) is 9.59 Å². The second kappa shape index (κ2) is 6.70. The lowest BCUT2D eigenvalue weighted by Gasteiger charge is -2.08. The number of aryl methyl sites for hydroxylation is 1. The van der Waals surface area contributed by atoms with Gasteiger partial charge in [-0.1, -0.05) is 30.7 Å². The highest BCUT2D eigenvalue weighted by atomic mass is 16.5. The molecule has 4 heteroatoms. The Kier molecular flexibility index (Phi) is 4.72. The summed E-state index contributed by atoms with van der Waals surface area (Å²) >= 11 is 0. The summed E-state index contributed by atoms with van der Waals surface area (Å²) in [7, 11) is 0. The van der Waals surface area contributed by atoms with E-state index in [-0.39, 0.29) is 11.9 Å². The molecule has 2 rings (SSSR count). The monoisotopic (exact) mass is 283 g/mol. The molecule has 0 aliphatic carbocycles. The van der Waals surface area contributed by atoms with Crippen molar-refractivity contribution in [3.63, 3.8) is 0 Å². The fourth-order valence-electron chi connectivity index (χ4n) is 1.75. The zero-order chi connectivity index (χ0) is 15.2. The summed E-state index contributed by atoms with van der Waals surface area (Å²) in [4.78, 5) is 23.4. The molecule has 2 aromatic carbocycles. The van der Waals surface area contributed by atoms with Gasteiger partial charge in [-0.15, -0.1) is 0 Å². The predicted molar refractivity (Wildman–Crippen MR) is 81.5 cm³/mol.